The fourth-order valence-corrected chi connectivity index (χ4v) is 2.20. The predicted molar refractivity (Wildman–Crippen MR) is 85.5 cm³/mol. The summed E-state index contributed by atoms with van der Waals surface area (Å²) in [6, 6.07) is 14.8. The molecule has 2 aromatic carbocycles. The molecular weight excluding hydrogens is 246 g/mol. The lowest BCUT2D eigenvalue weighted by molar-refractivity contribution is 0.317. The average molecular weight is 269 g/mol. The fourth-order valence-electron chi connectivity index (χ4n) is 2.20. The maximum absolute atomic E-state index is 5.58. The van der Waals surface area contributed by atoms with E-state index in [9.17, 15) is 0 Å². The van der Waals surface area contributed by atoms with Gasteiger partial charge in [-0.1, -0.05) is 25.1 Å². The topological polar surface area (TPSA) is 21.3 Å². The SMILES string of the molecule is CCCOc1ccc(CNc2cc(C)cc(C)c2)cc1. The normalized spacial score (nSPS) is 10.3. The van der Waals surface area contributed by atoms with Crippen molar-refractivity contribution in [2.24, 2.45) is 0 Å². The number of anilines is 1. The summed E-state index contributed by atoms with van der Waals surface area (Å²) in [6.07, 6.45) is 1.04. The van der Waals surface area contributed by atoms with Crippen LogP contribution in [0.3, 0.4) is 0 Å². The largest absolute Gasteiger partial charge is 0.494 e. The Hall–Kier alpha value is -1.96. The first kappa shape index (κ1) is 14.4. The molecule has 2 rings (SSSR count). The Morgan fingerprint density at radius 2 is 1.60 bits per heavy atom. The van der Waals surface area contributed by atoms with Crippen molar-refractivity contribution in [1.29, 1.82) is 0 Å². The van der Waals surface area contributed by atoms with Gasteiger partial charge in [-0.05, 0) is 61.2 Å². The Labute approximate surface area is 121 Å². The maximum atomic E-state index is 5.58. The number of hydrogen-bond donors (Lipinski definition) is 1. The number of rotatable bonds is 6. The molecule has 0 saturated carbocycles. The van der Waals surface area contributed by atoms with Crippen LogP contribution >= 0.6 is 0 Å². The Kier molecular flexibility index (Phi) is 5.05. The second-order valence-electron chi connectivity index (χ2n) is 5.22. The van der Waals surface area contributed by atoms with Crippen molar-refractivity contribution in [3.63, 3.8) is 0 Å². The van der Waals surface area contributed by atoms with E-state index in [-0.39, 0.29) is 0 Å². The van der Waals surface area contributed by atoms with Gasteiger partial charge in [0.1, 0.15) is 5.75 Å². The number of ether oxygens (including phenoxy) is 1. The van der Waals surface area contributed by atoms with Crippen molar-refractivity contribution < 1.29 is 4.74 Å². The fraction of sp³-hybridized carbons (Fsp3) is 0.333. The van der Waals surface area contributed by atoms with E-state index in [2.05, 4.69) is 56.4 Å². The third-order valence-electron chi connectivity index (χ3n) is 3.11. The third kappa shape index (κ3) is 4.30. The van der Waals surface area contributed by atoms with E-state index in [0.717, 1.165) is 25.3 Å². The summed E-state index contributed by atoms with van der Waals surface area (Å²) in [5, 5.41) is 3.46. The molecule has 0 aliphatic rings. The molecule has 0 unspecified atom stereocenters. The van der Waals surface area contributed by atoms with E-state index in [0.29, 0.717) is 0 Å². The van der Waals surface area contributed by atoms with Gasteiger partial charge in [-0.25, -0.2) is 0 Å². The second-order valence-corrected chi connectivity index (χ2v) is 5.22. The van der Waals surface area contributed by atoms with Crippen LogP contribution in [-0.2, 0) is 6.54 Å². The minimum Gasteiger partial charge on any atom is -0.494 e. The molecule has 0 spiro atoms. The average Bonchev–Trinajstić information content (AvgIpc) is 2.43. The van der Waals surface area contributed by atoms with Gasteiger partial charge in [0.25, 0.3) is 0 Å². The van der Waals surface area contributed by atoms with E-state index >= 15 is 0 Å². The molecule has 0 radical (unpaired) electrons. The first-order chi connectivity index (χ1) is 9.67. The lowest BCUT2D eigenvalue weighted by atomic mass is 10.1. The molecule has 0 bridgehead atoms. The molecule has 2 heteroatoms. The summed E-state index contributed by atoms with van der Waals surface area (Å²) in [7, 11) is 0. The first-order valence-electron chi connectivity index (χ1n) is 7.21. The lowest BCUT2D eigenvalue weighted by Gasteiger charge is -2.10. The third-order valence-corrected chi connectivity index (χ3v) is 3.11. The van der Waals surface area contributed by atoms with Crippen LogP contribution in [0.2, 0.25) is 0 Å². The molecule has 0 fully saturated rings. The molecule has 2 aromatic rings. The Bertz CT molecular complexity index is 526. The van der Waals surface area contributed by atoms with Crippen LogP contribution < -0.4 is 10.1 Å². The molecule has 0 heterocycles. The highest BCUT2D eigenvalue weighted by atomic mass is 16.5. The summed E-state index contributed by atoms with van der Waals surface area (Å²) >= 11 is 0. The maximum Gasteiger partial charge on any atom is 0.119 e. The van der Waals surface area contributed by atoms with Gasteiger partial charge in [0.2, 0.25) is 0 Å². The van der Waals surface area contributed by atoms with Crippen LogP contribution in [0.25, 0.3) is 0 Å². The van der Waals surface area contributed by atoms with Crippen LogP contribution in [0, 0.1) is 13.8 Å². The predicted octanol–water partition coefficient (Wildman–Crippen LogP) is 4.70. The second kappa shape index (κ2) is 6.99. The molecule has 20 heavy (non-hydrogen) atoms. The van der Waals surface area contributed by atoms with Crippen LogP contribution in [0.15, 0.2) is 42.5 Å². The van der Waals surface area contributed by atoms with Gasteiger partial charge < -0.3 is 10.1 Å². The number of hydrogen-bond acceptors (Lipinski definition) is 2. The van der Waals surface area contributed by atoms with Crippen LogP contribution in [-0.4, -0.2) is 6.61 Å². The first-order valence-corrected chi connectivity index (χ1v) is 7.21. The van der Waals surface area contributed by atoms with Crippen molar-refractivity contribution in [3.8, 4) is 5.75 Å². The minimum absolute atomic E-state index is 0.778. The van der Waals surface area contributed by atoms with Crippen LogP contribution in [0.1, 0.15) is 30.0 Å². The molecule has 0 aliphatic heterocycles. The quantitative estimate of drug-likeness (QED) is 0.820. The zero-order valence-corrected chi connectivity index (χ0v) is 12.6. The van der Waals surface area contributed by atoms with E-state index in [1.54, 1.807) is 0 Å². The van der Waals surface area contributed by atoms with Crippen LogP contribution in [0.5, 0.6) is 5.75 Å². The molecule has 1 N–H and O–H groups in total. The van der Waals surface area contributed by atoms with E-state index in [1.807, 2.05) is 12.1 Å². The van der Waals surface area contributed by atoms with Crippen molar-refractivity contribution in [2.45, 2.75) is 33.7 Å². The molecule has 0 aliphatic carbocycles. The molecule has 0 saturated heterocycles. The molecular formula is C18H23NO. The summed E-state index contributed by atoms with van der Waals surface area (Å²) in [5.74, 6) is 0.946. The van der Waals surface area contributed by atoms with Crippen molar-refractivity contribution >= 4 is 5.69 Å². The highest BCUT2D eigenvalue weighted by Gasteiger charge is 1.98. The summed E-state index contributed by atoms with van der Waals surface area (Å²) in [5.41, 5.74) is 5.01. The highest BCUT2D eigenvalue weighted by molar-refractivity contribution is 5.48. The Morgan fingerprint density at radius 1 is 0.950 bits per heavy atom. The summed E-state index contributed by atoms with van der Waals surface area (Å²) < 4.78 is 5.58. The van der Waals surface area contributed by atoms with Crippen molar-refractivity contribution in [3.05, 3.63) is 59.2 Å². The number of nitrogens with one attached hydrogen (secondary N) is 1. The van der Waals surface area contributed by atoms with Gasteiger partial charge in [0, 0.05) is 12.2 Å². The number of aryl methyl sites for hydroxylation is 2. The number of benzene rings is 2. The van der Waals surface area contributed by atoms with Crippen LogP contribution in [0.4, 0.5) is 5.69 Å². The smallest absolute Gasteiger partial charge is 0.119 e. The van der Waals surface area contributed by atoms with Gasteiger partial charge in [-0.15, -0.1) is 0 Å². The standard InChI is InChI=1S/C18H23NO/c1-4-9-20-18-7-5-16(6-8-18)13-19-17-11-14(2)10-15(3)12-17/h5-8,10-12,19H,4,9,13H2,1-3H3. The van der Waals surface area contributed by atoms with E-state index < -0.39 is 0 Å². The van der Waals surface area contributed by atoms with Gasteiger partial charge in [0.15, 0.2) is 0 Å². The highest BCUT2D eigenvalue weighted by Crippen LogP contribution is 2.16. The molecule has 0 atom stereocenters. The lowest BCUT2D eigenvalue weighted by Crippen LogP contribution is -2.00. The molecule has 0 amide bonds. The van der Waals surface area contributed by atoms with Gasteiger partial charge >= 0.3 is 0 Å². The van der Waals surface area contributed by atoms with Gasteiger partial charge in [-0.3, -0.25) is 0 Å². The minimum atomic E-state index is 0.778. The Balaban J connectivity index is 1.93. The zero-order chi connectivity index (χ0) is 14.4. The van der Waals surface area contributed by atoms with E-state index in [4.69, 9.17) is 4.74 Å². The summed E-state index contributed by atoms with van der Waals surface area (Å²) in [6.45, 7) is 7.97. The monoisotopic (exact) mass is 269 g/mol. The van der Waals surface area contributed by atoms with Gasteiger partial charge in [-0.2, -0.15) is 0 Å². The van der Waals surface area contributed by atoms with Crippen molar-refractivity contribution in [2.75, 3.05) is 11.9 Å². The zero-order valence-electron chi connectivity index (χ0n) is 12.6. The molecule has 2 nitrogen and oxygen atoms in total. The molecule has 106 valence electrons. The summed E-state index contributed by atoms with van der Waals surface area (Å²) in [4.78, 5) is 0. The van der Waals surface area contributed by atoms with E-state index in [1.165, 1.54) is 22.4 Å². The van der Waals surface area contributed by atoms with Crippen molar-refractivity contribution in [1.82, 2.24) is 0 Å². The van der Waals surface area contributed by atoms with Gasteiger partial charge in [0.05, 0.1) is 6.61 Å². The molecule has 0 aromatic heterocycles. The Morgan fingerprint density at radius 3 is 2.20 bits per heavy atom.